The van der Waals surface area contributed by atoms with Crippen molar-refractivity contribution in [3.8, 4) is 0 Å². The molecule has 0 radical (unpaired) electrons. The van der Waals surface area contributed by atoms with Crippen molar-refractivity contribution in [1.29, 1.82) is 0 Å². The lowest BCUT2D eigenvalue weighted by molar-refractivity contribution is 0.0520. The molecule has 0 aliphatic carbocycles. The lowest BCUT2D eigenvalue weighted by Crippen LogP contribution is -2.04. The van der Waals surface area contributed by atoms with Crippen LogP contribution in [0.5, 0.6) is 0 Å². The van der Waals surface area contributed by atoms with E-state index >= 15 is 0 Å². The Hall–Kier alpha value is -2.88. The number of nitrogens with zero attached hydrogens (tertiary/aromatic N) is 2. The Morgan fingerprint density at radius 1 is 1.09 bits per heavy atom. The highest BCUT2D eigenvalue weighted by Gasteiger charge is 2.11. The predicted molar refractivity (Wildman–Crippen MR) is 91.3 cm³/mol. The van der Waals surface area contributed by atoms with E-state index in [1.807, 2.05) is 28.8 Å². The Morgan fingerprint density at radius 3 is 2.52 bits per heavy atom. The number of imidazole rings is 1. The monoisotopic (exact) mass is 306 g/mol. The van der Waals surface area contributed by atoms with Gasteiger partial charge in [-0.15, -0.1) is 0 Å². The van der Waals surface area contributed by atoms with Crippen LogP contribution in [0.3, 0.4) is 0 Å². The zero-order valence-corrected chi connectivity index (χ0v) is 13.2. The summed E-state index contributed by atoms with van der Waals surface area (Å²) in [5.74, 6) is -0.395. The van der Waals surface area contributed by atoms with Crippen LogP contribution in [-0.4, -0.2) is 22.0 Å². The number of carbonyl (C=O) groups excluding carboxylic acids is 1. The summed E-state index contributed by atoms with van der Waals surface area (Å²) in [6.07, 6.45) is 7.73. The minimum absolute atomic E-state index is 0.325. The number of ether oxygens (including phenoxy) is 1. The molecule has 0 aliphatic rings. The SMILES string of the molecule is CCOC(=O)c1cn2cc(C=Cc3ccc(C)cc3)ccc2n1. The molecule has 4 heteroatoms. The average molecular weight is 306 g/mol. The highest BCUT2D eigenvalue weighted by molar-refractivity contribution is 5.88. The Kier molecular flexibility index (Phi) is 4.24. The van der Waals surface area contributed by atoms with E-state index in [2.05, 4.69) is 42.2 Å². The average Bonchev–Trinajstić information content (AvgIpc) is 2.98. The molecule has 23 heavy (non-hydrogen) atoms. The number of carbonyl (C=O) groups is 1. The van der Waals surface area contributed by atoms with Crippen molar-refractivity contribution in [2.75, 3.05) is 6.61 Å². The minimum Gasteiger partial charge on any atom is -0.461 e. The molecule has 0 N–H and O–H groups in total. The molecular weight excluding hydrogens is 288 g/mol. The quantitative estimate of drug-likeness (QED) is 0.685. The molecule has 0 saturated carbocycles. The third-order valence-electron chi connectivity index (χ3n) is 3.50. The molecular formula is C19H18N2O2. The maximum Gasteiger partial charge on any atom is 0.358 e. The van der Waals surface area contributed by atoms with Gasteiger partial charge in [0.1, 0.15) is 5.65 Å². The molecule has 2 heterocycles. The topological polar surface area (TPSA) is 43.6 Å². The number of hydrogen-bond donors (Lipinski definition) is 0. The first kappa shape index (κ1) is 15.0. The van der Waals surface area contributed by atoms with E-state index < -0.39 is 5.97 Å². The van der Waals surface area contributed by atoms with E-state index in [0.29, 0.717) is 12.3 Å². The van der Waals surface area contributed by atoms with Crippen LogP contribution in [0.15, 0.2) is 48.8 Å². The summed E-state index contributed by atoms with van der Waals surface area (Å²) < 4.78 is 6.81. The second-order valence-electron chi connectivity index (χ2n) is 5.32. The van der Waals surface area contributed by atoms with Gasteiger partial charge in [-0.3, -0.25) is 0 Å². The molecule has 2 aromatic heterocycles. The summed E-state index contributed by atoms with van der Waals surface area (Å²) in [5.41, 5.74) is 4.47. The normalized spacial score (nSPS) is 11.2. The molecule has 0 bridgehead atoms. The third kappa shape index (κ3) is 3.48. The van der Waals surface area contributed by atoms with Crippen LogP contribution in [0.25, 0.3) is 17.8 Å². The smallest absolute Gasteiger partial charge is 0.358 e. The van der Waals surface area contributed by atoms with Gasteiger partial charge in [0.15, 0.2) is 5.69 Å². The van der Waals surface area contributed by atoms with E-state index in [0.717, 1.165) is 16.8 Å². The second kappa shape index (κ2) is 6.48. The first-order valence-corrected chi connectivity index (χ1v) is 7.56. The summed E-state index contributed by atoms with van der Waals surface area (Å²) in [6, 6.07) is 12.2. The molecule has 3 aromatic rings. The van der Waals surface area contributed by atoms with Crippen LogP contribution in [0.1, 0.15) is 34.1 Å². The fourth-order valence-corrected chi connectivity index (χ4v) is 2.28. The van der Waals surface area contributed by atoms with Gasteiger partial charge in [-0.25, -0.2) is 9.78 Å². The van der Waals surface area contributed by atoms with Crippen LogP contribution >= 0.6 is 0 Å². The van der Waals surface area contributed by atoms with Gasteiger partial charge >= 0.3 is 5.97 Å². The van der Waals surface area contributed by atoms with Crippen molar-refractivity contribution >= 4 is 23.8 Å². The number of rotatable bonds is 4. The van der Waals surface area contributed by atoms with Crippen LogP contribution in [-0.2, 0) is 4.74 Å². The Labute approximate surface area is 135 Å². The van der Waals surface area contributed by atoms with Gasteiger partial charge in [0, 0.05) is 12.4 Å². The maximum absolute atomic E-state index is 11.7. The van der Waals surface area contributed by atoms with Crippen molar-refractivity contribution < 1.29 is 9.53 Å². The van der Waals surface area contributed by atoms with Crippen LogP contribution in [0, 0.1) is 6.92 Å². The molecule has 0 fully saturated rings. The summed E-state index contributed by atoms with van der Waals surface area (Å²) in [4.78, 5) is 16.0. The van der Waals surface area contributed by atoms with Crippen molar-refractivity contribution in [2.24, 2.45) is 0 Å². The molecule has 0 spiro atoms. The van der Waals surface area contributed by atoms with E-state index in [-0.39, 0.29) is 0 Å². The number of aromatic nitrogens is 2. The fourth-order valence-electron chi connectivity index (χ4n) is 2.28. The summed E-state index contributed by atoms with van der Waals surface area (Å²) in [5, 5.41) is 0. The first-order chi connectivity index (χ1) is 11.2. The molecule has 0 unspecified atom stereocenters. The van der Waals surface area contributed by atoms with Crippen molar-refractivity contribution in [3.63, 3.8) is 0 Å². The van der Waals surface area contributed by atoms with Gasteiger partial charge in [-0.05, 0) is 37.1 Å². The van der Waals surface area contributed by atoms with Gasteiger partial charge < -0.3 is 9.14 Å². The number of aryl methyl sites for hydroxylation is 1. The molecule has 116 valence electrons. The van der Waals surface area contributed by atoms with Gasteiger partial charge in [0.25, 0.3) is 0 Å². The first-order valence-electron chi connectivity index (χ1n) is 7.56. The highest BCUT2D eigenvalue weighted by Crippen LogP contribution is 2.12. The van der Waals surface area contributed by atoms with Crippen molar-refractivity contribution in [2.45, 2.75) is 13.8 Å². The van der Waals surface area contributed by atoms with Gasteiger partial charge in [-0.1, -0.05) is 42.0 Å². The van der Waals surface area contributed by atoms with E-state index in [9.17, 15) is 4.79 Å². The third-order valence-corrected chi connectivity index (χ3v) is 3.50. The zero-order chi connectivity index (χ0) is 16.2. The highest BCUT2D eigenvalue weighted by atomic mass is 16.5. The molecule has 0 amide bonds. The van der Waals surface area contributed by atoms with Gasteiger partial charge in [-0.2, -0.15) is 0 Å². The maximum atomic E-state index is 11.7. The van der Waals surface area contributed by atoms with Gasteiger partial charge in [0.05, 0.1) is 6.61 Å². The Balaban J connectivity index is 1.84. The van der Waals surface area contributed by atoms with E-state index in [1.165, 1.54) is 5.56 Å². The number of esters is 1. The zero-order valence-electron chi connectivity index (χ0n) is 13.2. The fraction of sp³-hybridized carbons (Fsp3) is 0.158. The Bertz CT molecular complexity index is 861. The molecule has 4 nitrogen and oxygen atoms in total. The molecule has 0 atom stereocenters. The number of hydrogen-bond acceptors (Lipinski definition) is 3. The summed E-state index contributed by atoms with van der Waals surface area (Å²) in [6.45, 7) is 4.19. The van der Waals surface area contributed by atoms with Crippen LogP contribution in [0.4, 0.5) is 0 Å². The van der Waals surface area contributed by atoms with Crippen LogP contribution in [0.2, 0.25) is 0 Å². The predicted octanol–water partition coefficient (Wildman–Crippen LogP) is 3.99. The largest absolute Gasteiger partial charge is 0.461 e. The lowest BCUT2D eigenvalue weighted by atomic mass is 10.1. The summed E-state index contributed by atoms with van der Waals surface area (Å²) >= 11 is 0. The van der Waals surface area contributed by atoms with Crippen LogP contribution < -0.4 is 0 Å². The van der Waals surface area contributed by atoms with Crippen molar-refractivity contribution in [1.82, 2.24) is 9.38 Å². The van der Waals surface area contributed by atoms with E-state index in [4.69, 9.17) is 4.74 Å². The number of benzene rings is 1. The van der Waals surface area contributed by atoms with Crippen molar-refractivity contribution in [3.05, 3.63) is 71.2 Å². The standard InChI is InChI=1S/C19H18N2O2/c1-3-23-19(22)17-13-21-12-16(10-11-18(21)20-17)9-8-15-6-4-14(2)5-7-15/h4-13H,3H2,1-2H3. The van der Waals surface area contributed by atoms with E-state index in [1.54, 1.807) is 13.1 Å². The minimum atomic E-state index is -0.395. The molecule has 0 aliphatic heterocycles. The lowest BCUT2D eigenvalue weighted by Gasteiger charge is -1.97. The molecule has 0 saturated heterocycles. The second-order valence-corrected chi connectivity index (χ2v) is 5.32. The van der Waals surface area contributed by atoms with Gasteiger partial charge in [0.2, 0.25) is 0 Å². The Morgan fingerprint density at radius 2 is 1.78 bits per heavy atom. The number of pyridine rings is 1. The molecule has 3 rings (SSSR count). The number of fused-ring (bicyclic) bond motifs is 1. The summed E-state index contributed by atoms with van der Waals surface area (Å²) in [7, 11) is 0. The molecule has 1 aromatic carbocycles.